The van der Waals surface area contributed by atoms with E-state index in [4.69, 9.17) is 14.2 Å². The molecule has 0 radical (unpaired) electrons. The number of carbonyl (C=O) groups is 2. The highest BCUT2D eigenvalue weighted by atomic mass is 28.3. The number of benzene rings is 2. The molecule has 5 nitrogen and oxygen atoms in total. The molecule has 174 valence electrons. The lowest BCUT2D eigenvalue weighted by molar-refractivity contribution is -0.163. The lowest BCUT2D eigenvalue weighted by Crippen LogP contribution is -2.65. The summed E-state index contributed by atoms with van der Waals surface area (Å²) in [5, 5.41) is 1.30. The van der Waals surface area contributed by atoms with Crippen molar-refractivity contribution < 1.29 is 23.8 Å². The molecule has 1 spiro atoms. The van der Waals surface area contributed by atoms with Crippen molar-refractivity contribution in [3.8, 4) is 0 Å². The van der Waals surface area contributed by atoms with E-state index in [2.05, 4.69) is 37.4 Å². The molecule has 0 N–H and O–H groups in total. The van der Waals surface area contributed by atoms with E-state index in [0.717, 1.165) is 25.7 Å². The lowest BCUT2D eigenvalue weighted by Gasteiger charge is -2.54. The van der Waals surface area contributed by atoms with Crippen molar-refractivity contribution in [3.63, 3.8) is 0 Å². The van der Waals surface area contributed by atoms with Crippen LogP contribution in [0.4, 0.5) is 0 Å². The minimum atomic E-state index is -2.20. The molecular weight excluding hydrogens is 432 g/mol. The maximum absolute atomic E-state index is 13.6. The van der Waals surface area contributed by atoms with Gasteiger partial charge in [-0.3, -0.25) is 4.79 Å². The Morgan fingerprint density at radius 3 is 2.27 bits per heavy atom. The van der Waals surface area contributed by atoms with E-state index in [1.54, 1.807) is 12.1 Å². The van der Waals surface area contributed by atoms with Crippen LogP contribution < -0.4 is 5.19 Å². The Labute approximate surface area is 196 Å². The van der Waals surface area contributed by atoms with Crippen molar-refractivity contribution in [2.75, 3.05) is 7.11 Å². The highest BCUT2D eigenvalue weighted by Gasteiger charge is 2.81. The summed E-state index contributed by atoms with van der Waals surface area (Å²) in [6.07, 6.45) is 3.57. The Kier molecular flexibility index (Phi) is 5.49. The van der Waals surface area contributed by atoms with E-state index in [9.17, 15) is 9.59 Å². The highest BCUT2D eigenvalue weighted by Crippen LogP contribution is 2.71. The fourth-order valence-electron chi connectivity index (χ4n) is 6.85. The molecule has 3 aliphatic rings. The van der Waals surface area contributed by atoms with Gasteiger partial charge in [-0.15, -0.1) is 0 Å². The summed E-state index contributed by atoms with van der Waals surface area (Å²) in [5.74, 6) is -0.482. The van der Waals surface area contributed by atoms with Crippen LogP contribution in [0.2, 0.25) is 18.6 Å². The SMILES string of the molecule is COC(=O)[C@@]12CCCC[C@@]13O[C@H]3[C@H](OC(=O)c1ccccc1)C[C@H]2[Si](C)(C)c1ccccc1. The summed E-state index contributed by atoms with van der Waals surface area (Å²) >= 11 is 0. The Balaban J connectivity index is 1.56. The van der Waals surface area contributed by atoms with Crippen LogP contribution >= 0.6 is 0 Å². The molecule has 0 amide bonds. The number of hydrogen-bond acceptors (Lipinski definition) is 5. The number of epoxide rings is 1. The van der Waals surface area contributed by atoms with Gasteiger partial charge in [-0.05, 0) is 36.9 Å². The van der Waals surface area contributed by atoms with Crippen molar-refractivity contribution in [2.45, 2.75) is 68.5 Å². The first-order valence-corrected chi connectivity index (χ1v) is 15.0. The second kappa shape index (κ2) is 8.10. The summed E-state index contributed by atoms with van der Waals surface area (Å²) < 4.78 is 18.0. The first kappa shape index (κ1) is 22.4. The van der Waals surface area contributed by atoms with Crippen LogP contribution in [0.25, 0.3) is 0 Å². The van der Waals surface area contributed by atoms with Crippen LogP contribution in [0.3, 0.4) is 0 Å². The summed E-state index contributed by atoms with van der Waals surface area (Å²) in [4.78, 5) is 26.6. The fraction of sp³-hybridized carbons (Fsp3) is 0.481. The quantitative estimate of drug-likeness (QED) is 0.371. The van der Waals surface area contributed by atoms with Gasteiger partial charge in [-0.1, -0.05) is 79.7 Å². The molecule has 1 saturated heterocycles. The molecule has 2 aromatic rings. The van der Waals surface area contributed by atoms with Gasteiger partial charge in [-0.25, -0.2) is 4.79 Å². The molecule has 5 atom stereocenters. The number of hydrogen-bond donors (Lipinski definition) is 0. The summed E-state index contributed by atoms with van der Waals surface area (Å²) in [7, 11) is -0.710. The van der Waals surface area contributed by atoms with Gasteiger partial charge in [-0.2, -0.15) is 0 Å². The molecule has 33 heavy (non-hydrogen) atoms. The van der Waals surface area contributed by atoms with Crippen LogP contribution in [0.15, 0.2) is 60.7 Å². The largest absolute Gasteiger partial charge is 0.469 e. The topological polar surface area (TPSA) is 65.1 Å². The molecule has 0 unspecified atom stereocenters. The minimum absolute atomic E-state index is 0.0347. The molecule has 1 aliphatic heterocycles. The Morgan fingerprint density at radius 1 is 0.970 bits per heavy atom. The maximum atomic E-state index is 13.6. The van der Waals surface area contributed by atoms with Gasteiger partial charge in [0.05, 0.1) is 20.7 Å². The average Bonchev–Trinajstić information content (AvgIpc) is 3.59. The molecule has 1 heterocycles. The van der Waals surface area contributed by atoms with Crippen LogP contribution in [0.5, 0.6) is 0 Å². The molecular formula is C27H32O5Si. The van der Waals surface area contributed by atoms with E-state index >= 15 is 0 Å². The number of ether oxygens (including phenoxy) is 3. The first-order chi connectivity index (χ1) is 15.9. The molecule has 2 aliphatic carbocycles. The normalized spacial score (nSPS) is 32.8. The van der Waals surface area contributed by atoms with E-state index < -0.39 is 19.1 Å². The summed E-state index contributed by atoms with van der Waals surface area (Å²) in [5.41, 5.74) is -0.711. The monoisotopic (exact) mass is 464 g/mol. The molecule has 2 saturated carbocycles. The van der Waals surface area contributed by atoms with Crippen molar-refractivity contribution in [2.24, 2.45) is 5.41 Å². The zero-order valence-electron chi connectivity index (χ0n) is 19.6. The van der Waals surface area contributed by atoms with E-state index in [1.807, 2.05) is 24.3 Å². The van der Waals surface area contributed by atoms with Crippen LogP contribution in [-0.4, -0.2) is 44.9 Å². The van der Waals surface area contributed by atoms with Gasteiger partial charge >= 0.3 is 11.9 Å². The van der Waals surface area contributed by atoms with Crippen LogP contribution in [0, 0.1) is 5.41 Å². The third kappa shape index (κ3) is 3.29. The van der Waals surface area contributed by atoms with Gasteiger partial charge in [0.2, 0.25) is 0 Å². The number of carbonyl (C=O) groups excluding carboxylic acids is 2. The fourth-order valence-corrected chi connectivity index (χ4v) is 10.9. The van der Waals surface area contributed by atoms with Gasteiger partial charge in [0.25, 0.3) is 0 Å². The van der Waals surface area contributed by atoms with Crippen LogP contribution in [0.1, 0.15) is 42.5 Å². The number of methoxy groups -OCH3 is 1. The zero-order chi connectivity index (χ0) is 23.3. The summed E-state index contributed by atoms with van der Waals surface area (Å²) in [6.45, 7) is 4.66. The van der Waals surface area contributed by atoms with E-state index in [0.29, 0.717) is 12.0 Å². The number of rotatable bonds is 5. The van der Waals surface area contributed by atoms with Gasteiger partial charge in [0, 0.05) is 0 Å². The maximum Gasteiger partial charge on any atom is 0.338 e. The predicted molar refractivity (Wildman–Crippen MR) is 128 cm³/mol. The molecule has 6 heteroatoms. The van der Waals surface area contributed by atoms with Crippen molar-refractivity contribution in [3.05, 3.63) is 66.2 Å². The predicted octanol–water partition coefficient (Wildman–Crippen LogP) is 4.47. The standard InChI is InChI=1S/C27H32O5Si/c1-30-25(29)26-16-10-11-17-27(26)23(32-27)21(31-24(28)19-12-6-4-7-13-19)18-22(26)33(2,3)20-14-8-5-9-15-20/h4-9,12-15,21-23H,10-11,16-18H2,1-3H3/t21-,22-,23+,26+,27+/m1/s1. The Bertz CT molecular complexity index is 1040. The molecule has 2 aromatic carbocycles. The van der Waals surface area contributed by atoms with E-state index in [1.165, 1.54) is 12.3 Å². The second-order valence-electron chi connectivity index (χ2n) is 10.3. The molecule has 5 rings (SSSR count). The average molecular weight is 465 g/mol. The smallest absolute Gasteiger partial charge is 0.338 e. The molecule has 3 fully saturated rings. The minimum Gasteiger partial charge on any atom is -0.469 e. The summed E-state index contributed by atoms with van der Waals surface area (Å²) in [6, 6.07) is 19.6. The second-order valence-corrected chi connectivity index (χ2v) is 15.0. The van der Waals surface area contributed by atoms with Crippen molar-refractivity contribution in [1.29, 1.82) is 0 Å². The van der Waals surface area contributed by atoms with Crippen LogP contribution in [-0.2, 0) is 19.0 Å². The lowest BCUT2D eigenvalue weighted by atomic mass is 9.58. The Morgan fingerprint density at radius 2 is 1.61 bits per heavy atom. The number of esters is 2. The van der Waals surface area contributed by atoms with Crippen molar-refractivity contribution in [1.82, 2.24) is 0 Å². The Hall–Kier alpha value is -2.44. The van der Waals surface area contributed by atoms with Crippen molar-refractivity contribution >= 4 is 25.2 Å². The van der Waals surface area contributed by atoms with E-state index in [-0.39, 0.29) is 29.7 Å². The zero-order valence-corrected chi connectivity index (χ0v) is 20.6. The third-order valence-electron chi connectivity index (χ3n) is 8.47. The molecule has 0 bridgehead atoms. The third-order valence-corrected chi connectivity index (χ3v) is 12.8. The first-order valence-electron chi connectivity index (χ1n) is 11.9. The van der Waals surface area contributed by atoms with Gasteiger partial charge < -0.3 is 14.2 Å². The highest BCUT2D eigenvalue weighted by molar-refractivity contribution is 6.91. The molecule has 0 aromatic heterocycles. The van der Waals surface area contributed by atoms with Gasteiger partial charge in [0.1, 0.15) is 23.2 Å². The van der Waals surface area contributed by atoms with Gasteiger partial charge in [0.15, 0.2) is 0 Å².